The number of alkyl halides is 3. The van der Waals surface area contributed by atoms with Crippen molar-refractivity contribution in [3.8, 4) is 0 Å². The Morgan fingerprint density at radius 1 is 1.46 bits per heavy atom. The van der Waals surface area contributed by atoms with Crippen LogP contribution in [0, 0.1) is 12.8 Å². The third kappa shape index (κ3) is 3.74. The summed E-state index contributed by atoms with van der Waals surface area (Å²) in [5.74, 6) is 1.21. The zero-order chi connectivity index (χ0) is 17.3. The zero-order valence-electron chi connectivity index (χ0n) is 13.0. The summed E-state index contributed by atoms with van der Waals surface area (Å²) in [6, 6.07) is 0. The van der Waals surface area contributed by atoms with Crippen molar-refractivity contribution < 1.29 is 18.0 Å². The lowest BCUT2D eigenvalue weighted by Gasteiger charge is -2.21. The number of fused-ring (bicyclic) bond motifs is 1. The second kappa shape index (κ2) is 6.25. The maximum Gasteiger partial charge on any atom is 0.406 e. The Balaban J connectivity index is 1.58. The van der Waals surface area contributed by atoms with Gasteiger partial charge in [-0.25, -0.2) is 14.6 Å². The van der Waals surface area contributed by atoms with Gasteiger partial charge in [-0.1, -0.05) is 0 Å². The number of carbonyl (C=O) groups is 1. The van der Waals surface area contributed by atoms with Crippen LogP contribution in [-0.2, 0) is 30.8 Å². The minimum atomic E-state index is -4.33. The Bertz CT molecular complexity index is 735. The second-order valence-electron chi connectivity index (χ2n) is 5.80. The van der Waals surface area contributed by atoms with Gasteiger partial charge in [0.15, 0.2) is 0 Å². The van der Waals surface area contributed by atoms with E-state index in [0.717, 1.165) is 10.4 Å². The Labute approximate surface area is 135 Å². The zero-order valence-corrected chi connectivity index (χ0v) is 13.0. The van der Waals surface area contributed by atoms with Crippen molar-refractivity contribution >= 4 is 5.91 Å². The van der Waals surface area contributed by atoms with Crippen LogP contribution in [0.15, 0.2) is 12.4 Å². The number of carbonyl (C=O) groups excluding carboxylic acids is 1. The summed E-state index contributed by atoms with van der Waals surface area (Å²) in [5, 5.41) is 6.90. The second-order valence-corrected chi connectivity index (χ2v) is 5.80. The summed E-state index contributed by atoms with van der Waals surface area (Å²) in [7, 11) is 0. The molecule has 2 aromatic rings. The van der Waals surface area contributed by atoms with Gasteiger partial charge in [0.1, 0.15) is 24.0 Å². The first-order valence-electron chi connectivity index (χ1n) is 7.56. The molecule has 10 heteroatoms. The van der Waals surface area contributed by atoms with E-state index < -0.39 is 12.7 Å². The van der Waals surface area contributed by atoms with E-state index in [9.17, 15) is 18.0 Å². The molecule has 3 rings (SSSR count). The summed E-state index contributed by atoms with van der Waals surface area (Å²) in [4.78, 5) is 20.4. The van der Waals surface area contributed by atoms with E-state index in [1.807, 2.05) is 0 Å². The quantitative estimate of drug-likeness (QED) is 0.906. The number of aryl methyl sites for hydroxylation is 2. The molecule has 2 aromatic heterocycles. The number of halogens is 3. The number of nitrogens with one attached hydrogen (secondary N) is 1. The third-order valence-corrected chi connectivity index (χ3v) is 3.91. The normalized spacial score (nSPS) is 17.6. The van der Waals surface area contributed by atoms with Crippen LogP contribution in [0.4, 0.5) is 13.2 Å². The lowest BCUT2D eigenvalue weighted by Crippen LogP contribution is -2.36. The molecule has 0 bridgehead atoms. The van der Waals surface area contributed by atoms with Crippen LogP contribution in [0.25, 0.3) is 0 Å². The molecule has 0 radical (unpaired) electrons. The van der Waals surface area contributed by atoms with E-state index >= 15 is 0 Å². The number of hydrogen-bond acceptors (Lipinski definition) is 4. The predicted molar refractivity (Wildman–Crippen MR) is 76.7 cm³/mol. The van der Waals surface area contributed by atoms with Gasteiger partial charge in [0.2, 0.25) is 5.91 Å². The molecule has 0 fully saturated rings. The number of hydrogen-bond donors (Lipinski definition) is 1. The van der Waals surface area contributed by atoms with E-state index in [1.54, 1.807) is 11.6 Å². The minimum Gasteiger partial charge on any atom is -0.349 e. The molecule has 0 saturated heterocycles. The van der Waals surface area contributed by atoms with Crippen LogP contribution in [0.5, 0.6) is 0 Å². The molecule has 7 nitrogen and oxygen atoms in total. The summed E-state index contributed by atoms with van der Waals surface area (Å²) in [5.41, 5.74) is 0. The standard InChI is InChI=1S/C14H17F3N6O/c1-9-20-11-3-2-10(7-23(11)21-9)13(24)19-6-12-18-4-5-22(12)8-14(15,16)17/h4-5,10H,2-3,6-8H2,1H3,(H,19,24). The van der Waals surface area contributed by atoms with Crippen LogP contribution in [0.1, 0.15) is 23.9 Å². The fourth-order valence-corrected chi connectivity index (χ4v) is 2.80. The average molecular weight is 342 g/mol. The lowest BCUT2D eigenvalue weighted by molar-refractivity contribution is -0.141. The molecule has 1 N–H and O–H groups in total. The molecule has 1 amide bonds. The molecule has 1 atom stereocenters. The summed E-state index contributed by atoms with van der Waals surface area (Å²) in [6.07, 6.45) is -0.495. The fraction of sp³-hybridized carbons (Fsp3) is 0.571. The van der Waals surface area contributed by atoms with Crippen LogP contribution >= 0.6 is 0 Å². The number of amides is 1. The number of aromatic nitrogens is 5. The highest BCUT2D eigenvalue weighted by Gasteiger charge is 2.29. The van der Waals surface area contributed by atoms with Gasteiger partial charge in [0.05, 0.1) is 19.0 Å². The van der Waals surface area contributed by atoms with Gasteiger partial charge in [-0.3, -0.25) is 4.79 Å². The minimum absolute atomic E-state index is 0.0400. The molecule has 3 heterocycles. The molecular weight excluding hydrogens is 325 g/mol. The van der Waals surface area contributed by atoms with Gasteiger partial charge in [0, 0.05) is 18.8 Å². The molecule has 1 aliphatic heterocycles. The lowest BCUT2D eigenvalue weighted by atomic mass is 9.99. The fourth-order valence-electron chi connectivity index (χ4n) is 2.80. The van der Waals surface area contributed by atoms with Crippen molar-refractivity contribution in [3.63, 3.8) is 0 Å². The SMILES string of the molecule is Cc1nc2n(n1)CC(C(=O)NCc1nccn1CC(F)(F)F)CC2. The number of nitrogens with zero attached hydrogens (tertiary/aromatic N) is 5. The molecule has 0 saturated carbocycles. The maximum absolute atomic E-state index is 12.5. The molecule has 24 heavy (non-hydrogen) atoms. The Hall–Kier alpha value is -2.39. The molecular formula is C14H17F3N6O. The van der Waals surface area contributed by atoms with E-state index in [-0.39, 0.29) is 24.2 Å². The van der Waals surface area contributed by atoms with Crippen molar-refractivity contribution in [2.75, 3.05) is 0 Å². The Kier molecular flexibility index (Phi) is 4.29. The van der Waals surface area contributed by atoms with Gasteiger partial charge in [0.25, 0.3) is 0 Å². The molecule has 0 spiro atoms. The third-order valence-electron chi connectivity index (χ3n) is 3.91. The first kappa shape index (κ1) is 16.5. The van der Waals surface area contributed by atoms with Gasteiger partial charge in [-0.2, -0.15) is 18.3 Å². The van der Waals surface area contributed by atoms with Crippen molar-refractivity contribution in [1.29, 1.82) is 0 Å². The predicted octanol–water partition coefficient (Wildman–Crippen LogP) is 1.22. The van der Waals surface area contributed by atoms with Gasteiger partial charge in [-0.05, 0) is 13.3 Å². The number of imidazole rings is 1. The summed E-state index contributed by atoms with van der Waals surface area (Å²) < 4.78 is 40.1. The van der Waals surface area contributed by atoms with Gasteiger partial charge in [-0.15, -0.1) is 0 Å². The van der Waals surface area contributed by atoms with Gasteiger partial charge < -0.3 is 9.88 Å². The van der Waals surface area contributed by atoms with Crippen LogP contribution < -0.4 is 5.32 Å². The number of rotatable bonds is 4. The van der Waals surface area contributed by atoms with Crippen molar-refractivity contribution in [1.82, 2.24) is 29.6 Å². The largest absolute Gasteiger partial charge is 0.406 e. The average Bonchev–Trinajstić information content (AvgIpc) is 3.07. The molecule has 1 aliphatic rings. The highest BCUT2D eigenvalue weighted by molar-refractivity contribution is 5.78. The smallest absolute Gasteiger partial charge is 0.349 e. The van der Waals surface area contributed by atoms with E-state index in [4.69, 9.17) is 0 Å². The van der Waals surface area contributed by atoms with Crippen molar-refractivity contribution in [2.45, 2.75) is 45.6 Å². The molecule has 1 unspecified atom stereocenters. The maximum atomic E-state index is 12.5. The van der Waals surface area contributed by atoms with Crippen molar-refractivity contribution in [2.24, 2.45) is 5.92 Å². The van der Waals surface area contributed by atoms with Crippen LogP contribution in [-0.4, -0.2) is 36.4 Å². The summed E-state index contributed by atoms with van der Waals surface area (Å²) in [6.45, 7) is 1.06. The van der Waals surface area contributed by atoms with Crippen LogP contribution in [0.3, 0.4) is 0 Å². The van der Waals surface area contributed by atoms with E-state index in [1.165, 1.54) is 12.4 Å². The highest BCUT2D eigenvalue weighted by Crippen LogP contribution is 2.20. The first-order valence-corrected chi connectivity index (χ1v) is 7.56. The monoisotopic (exact) mass is 342 g/mol. The van der Waals surface area contributed by atoms with Crippen molar-refractivity contribution in [3.05, 3.63) is 29.9 Å². The Morgan fingerprint density at radius 3 is 3.00 bits per heavy atom. The van der Waals surface area contributed by atoms with Gasteiger partial charge >= 0.3 is 6.18 Å². The first-order chi connectivity index (χ1) is 11.3. The summed E-state index contributed by atoms with van der Waals surface area (Å²) >= 11 is 0. The van der Waals surface area contributed by atoms with E-state index in [2.05, 4.69) is 20.4 Å². The topological polar surface area (TPSA) is 77.6 Å². The molecule has 130 valence electrons. The molecule has 0 aliphatic carbocycles. The Morgan fingerprint density at radius 2 is 2.25 bits per heavy atom. The highest BCUT2D eigenvalue weighted by atomic mass is 19.4. The van der Waals surface area contributed by atoms with Crippen LogP contribution in [0.2, 0.25) is 0 Å². The molecule has 0 aromatic carbocycles. The van der Waals surface area contributed by atoms with E-state index in [0.29, 0.717) is 25.2 Å².